The van der Waals surface area contributed by atoms with Crippen LogP contribution in [0.1, 0.15) is 28.5 Å². The predicted molar refractivity (Wildman–Crippen MR) is 133 cm³/mol. The summed E-state index contributed by atoms with van der Waals surface area (Å²) in [5.41, 5.74) is 0.922. The Labute approximate surface area is 208 Å². The number of hydrogen-bond donors (Lipinski definition) is 3. The Bertz CT molecular complexity index is 1410. The van der Waals surface area contributed by atoms with E-state index < -0.39 is 11.7 Å². The molecule has 1 aliphatic heterocycles. The fraction of sp³-hybridized carbons (Fsp3) is 0.250. The van der Waals surface area contributed by atoms with Gasteiger partial charge in [0.25, 0.3) is 0 Å². The van der Waals surface area contributed by atoms with E-state index in [4.69, 9.17) is 11.6 Å². The minimum absolute atomic E-state index is 0.00791. The van der Waals surface area contributed by atoms with Crippen LogP contribution in [0.5, 0.6) is 5.88 Å². The van der Waals surface area contributed by atoms with E-state index in [-0.39, 0.29) is 22.5 Å². The van der Waals surface area contributed by atoms with Crippen LogP contribution in [0, 0.1) is 0 Å². The average molecular weight is 520 g/mol. The largest absolute Gasteiger partial charge is 0.492 e. The number of piperazine rings is 1. The number of nitrogens with one attached hydrogen (secondary N) is 2. The molecule has 2 aromatic heterocycles. The Morgan fingerprint density at radius 2 is 2.09 bits per heavy atom. The number of aromatic hydroxyl groups is 1. The molecule has 1 saturated heterocycles. The van der Waals surface area contributed by atoms with Crippen LogP contribution in [0.25, 0.3) is 22.6 Å². The van der Waals surface area contributed by atoms with Gasteiger partial charge < -0.3 is 15.3 Å². The van der Waals surface area contributed by atoms with Crippen molar-refractivity contribution < 1.29 is 18.3 Å². The van der Waals surface area contributed by atoms with Crippen molar-refractivity contribution in [2.75, 3.05) is 24.5 Å². The van der Waals surface area contributed by atoms with E-state index in [0.717, 1.165) is 30.1 Å². The number of anilines is 1. The second kappa shape index (κ2) is 9.18. The Kier molecular flexibility index (Phi) is 6.20. The molecule has 1 aliphatic rings. The van der Waals surface area contributed by atoms with Gasteiger partial charge in [-0.05, 0) is 48.4 Å². The first-order chi connectivity index (χ1) is 16.7. The molecular formula is C24H21ClF3N5OS. The number of thiazole rings is 1. The number of benzene rings is 2. The normalized spacial score (nSPS) is 17.3. The highest BCUT2D eigenvalue weighted by Crippen LogP contribution is 2.42. The van der Waals surface area contributed by atoms with Crippen molar-refractivity contribution in [2.45, 2.75) is 19.1 Å². The lowest BCUT2D eigenvalue weighted by molar-refractivity contribution is -0.137. The Balaban J connectivity index is 1.69. The molecule has 35 heavy (non-hydrogen) atoms. The van der Waals surface area contributed by atoms with Crippen molar-refractivity contribution >= 4 is 50.6 Å². The SMILES string of the molecule is C[C@@H]1CNCCN1c1nc(O)c(C(=Cc2ccc(Cl)cc2C(F)(F)F)c2ccc3[nH]ncc3c2)s1. The average Bonchev–Trinajstić information content (AvgIpc) is 3.44. The maximum atomic E-state index is 13.8. The molecule has 1 fully saturated rings. The quantitative estimate of drug-likeness (QED) is 0.298. The summed E-state index contributed by atoms with van der Waals surface area (Å²) >= 11 is 7.14. The highest BCUT2D eigenvalue weighted by molar-refractivity contribution is 7.17. The Morgan fingerprint density at radius 1 is 1.26 bits per heavy atom. The van der Waals surface area contributed by atoms with E-state index in [1.165, 1.54) is 29.5 Å². The molecule has 0 radical (unpaired) electrons. The van der Waals surface area contributed by atoms with Crippen LogP contribution in [0.15, 0.2) is 42.6 Å². The van der Waals surface area contributed by atoms with Gasteiger partial charge in [0.1, 0.15) is 4.88 Å². The smallest absolute Gasteiger partial charge is 0.417 e. The lowest BCUT2D eigenvalue weighted by Gasteiger charge is -2.33. The topological polar surface area (TPSA) is 77.1 Å². The van der Waals surface area contributed by atoms with E-state index in [2.05, 4.69) is 32.3 Å². The van der Waals surface area contributed by atoms with Gasteiger partial charge in [-0.3, -0.25) is 5.10 Å². The van der Waals surface area contributed by atoms with Crippen LogP contribution in [-0.2, 0) is 6.18 Å². The van der Waals surface area contributed by atoms with Crippen LogP contribution in [0.4, 0.5) is 18.3 Å². The number of aromatic amines is 1. The van der Waals surface area contributed by atoms with Gasteiger partial charge in [-0.1, -0.05) is 35.1 Å². The van der Waals surface area contributed by atoms with Crippen molar-refractivity contribution in [1.82, 2.24) is 20.5 Å². The summed E-state index contributed by atoms with van der Waals surface area (Å²) in [6.45, 7) is 4.31. The number of nitrogens with zero attached hydrogens (tertiary/aromatic N) is 3. The van der Waals surface area contributed by atoms with E-state index in [0.29, 0.717) is 27.7 Å². The van der Waals surface area contributed by atoms with Crippen LogP contribution < -0.4 is 10.2 Å². The molecule has 3 N–H and O–H groups in total. The Morgan fingerprint density at radius 3 is 2.86 bits per heavy atom. The molecule has 1 atom stereocenters. The number of rotatable bonds is 4. The van der Waals surface area contributed by atoms with Crippen molar-refractivity contribution in [1.29, 1.82) is 0 Å². The minimum atomic E-state index is -4.60. The Hall–Kier alpha value is -3.08. The van der Waals surface area contributed by atoms with Gasteiger partial charge in [0.05, 0.1) is 17.3 Å². The highest BCUT2D eigenvalue weighted by atomic mass is 35.5. The van der Waals surface area contributed by atoms with Gasteiger partial charge in [-0.2, -0.15) is 23.3 Å². The molecule has 11 heteroatoms. The van der Waals surface area contributed by atoms with Crippen molar-refractivity contribution in [3.63, 3.8) is 0 Å². The third-order valence-electron chi connectivity index (χ3n) is 5.96. The van der Waals surface area contributed by atoms with Crippen LogP contribution >= 0.6 is 22.9 Å². The lowest BCUT2D eigenvalue weighted by atomic mass is 9.98. The second-order valence-electron chi connectivity index (χ2n) is 8.36. The van der Waals surface area contributed by atoms with E-state index >= 15 is 0 Å². The second-order valence-corrected chi connectivity index (χ2v) is 9.77. The molecule has 6 nitrogen and oxygen atoms in total. The first-order valence-corrected chi connectivity index (χ1v) is 12.1. The molecule has 5 rings (SSSR count). The zero-order valence-electron chi connectivity index (χ0n) is 18.5. The maximum absolute atomic E-state index is 13.8. The van der Waals surface area contributed by atoms with Crippen LogP contribution in [0.2, 0.25) is 5.02 Å². The van der Waals surface area contributed by atoms with Gasteiger partial charge in [-0.15, -0.1) is 0 Å². The fourth-order valence-corrected chi connectivity index (χ4v) is 5.47. The van der Waals surface area contributed by atoms with Crippen LogP contribution in [-0.4, -0.2) is 46.0 Å². The van der Waals surface area contributed by atoms with Gasteiger partial charge in [0, 0.05) is 41.7 Å². The molecular weight excluding hydrogens is 499 g/mol. The summed E-state index contributed by atoms with van der Waals surface area (Å²) < 4.78 is 41.5. The number of aromatic nitrogens is 3. The van der Waals surface area contributed by atoms with E-state index in [1.807, 2.05) is 6.07 Å². The van der Waals surface area contributed by atoms with Crippen LogP contribution in [0.3, 0.4) is 0 Å². The van der Waals surface area contributed by atoms with Gasteiger partial charge >= 0.3 is 6.18 Å². The van der Waals surface area contributed by atoms with Crippen molar-refractivity contribution in [3.05, 3.63) is 69.2 Å². The number of halogens is 4. The van der Waals surface area contributed by atoms with Gasteiger partial charge in [-0.25, -0.2) is 0 Å². The van der Waals surface area contributed by atoms with E-state index in [9.17, 15) is 18.3 Å². The molecule has 182 valence electrons. The van der Waals surface area contributed by atoms with Crippen molar-refractivity contribution in [3.8, 4) is 5.88 Å². The number of hydrogen-bond acceptors (Lipinski definition) is 6. The number of alkyl halides is 3. The number of fused-ring (bicyclic) bond motifs is 1. The predicted octanol–water partition coefficient (Wildman–Crippen LogP) is 5.78. The molecule has 3 heterocycles. The third-order valence-corrected chi connectivity index (χ3v) is 7.31. The van der Waals surface area contributed by atoms with Crippen molar-refractivity contribution in [2.24, 2.45) is 0 Å². The molecule has 0 unspecified atom stereocenters. The number of H-pyrrole nitrogens is 1. The standard InChI is InChI=1S/C24H21ClF3N5OS/c1-13-11-29-6-7-33(13)23-31-22(34)21(35-23)18(14-3-5-20-16(8-14)12-30-32-20)9-15-2-4-17(25)10-19(15)24(26,27)28/h2-5,8-10,12-13,29,34H,6-7,11H2,1H3,(H,30,32)/t13-/m1/s1. The summed E-state index contributed by atoms with van der Waals surface area (Å²) in [7, 11) is 0. The maximum Gasteiger partial charge on any atom is 0.417 e. The van der Waals surface area contributed by atoms with E-state index in [1.54, 1.807) is 18.3 Å². The molecule has 2 aromatic carbocycles. The lowest BCUT2D eigenvalue weighted by Crippen LogP contribution is -2.49. The molecule has 4 aromatic rings. The molecule has 0 bridgehead atoms. The van der Waals surface area contributed by atoms with Gasteiger partial charge in [0.15, 0.2) is 5.13 Å². The van der Waals surface area contributed by atoms with Gasteiger partial charge in [0.2, 0.25) is 5.88 Å². The summed E-state index contributed by atoms with van der Waals surface area (Å²) in [6.07, 6.45) is -1.54. The monoisotopic (exact) mass is 519 g/mol. The zero-order chi connectivity index (χ0) is 24.7. The fourth-order valence-electron chi connectivity index (χ4n) is 4.17. The summed E-state index contributed by atoms with van der Waals surface area (Å²) in [4.78, 5) is 6.85. The zero-order valence-corrected chi connectivity index (χ0v) is 20.1. The molecule has 0 saturated carbocycles. The summed E-state index contributed by atoms with van der Waals surface area (Å²) in [5, 5.41) is 22.5. The highest BCUT2D eigenvalue weighted by Gasteiger charge is 2.33. The molecule has 0 spiro atoms. The summed E-state index contributed by atoms with van der Waals surface area (Å²) in [6, 6.07) is 9.21. The third kappa shape index (κ3) is 4.73. The summed E-state index contributed by atoms with van der Waals surface area (Å²) in [5.74, 6) is -0.225. The first kappa shape index (κ1) is 23.7. The molecule has 0 aliphatic carbocycles. The first-order valence-electron chi connectivity index (χ1n) is 10.9. The minimum Gasteiger partial charge on any atom is -0.492 e. The molecule has 0 amide bonds.